The van der Waals surface area contributed by atoms with Gasteiger partial charge in [-0.05, 0) is 31.2 Å². The number of amides is 1. The van der Waals surface area contributed by atoms with Gasteiger partial charge in [0.15, 0.2) is 6.61 Å². The number of hydrogen-bond donors (Lipinski definition) is 1. The molecule has 1 amide bonds. The summed E-state index contributed by atoms with van der Waals surface area (Å²) in [7, 11) is 1.30. The molecule has 0 aliphatic carbocycles. The predicted molar refractivity (Wildman–Crippen MR) is 103 cm³/mol. The van der Waals surface area contributed by atoms with Crippen LogP contribution in [0.5, 0.6) is 5.75 Å². The fourth-order valence-corrected chi connectivity index (χ4v) is 2.81. The maximum Gasteiger partial charge on any atom is 0.344 e. The van der Waals surface area contributed by atoms with Gasteiger partial charge < -0.3 is 19.5 Å². The molecule has 0 fully saturated rings. The van der Waals surface area contributed by atoms with Gasteiger partial charge in [-0.15, -0.1) is 0 Å². The Morgan fingerprint density at radius 3 is 2.68 bits per heavy atom. The number of rotatable bonds is 6. The zero-order valence-corrected chi connectivity index (χ0v) is 15.5. The van der Waals surface area contributed by atoms with Gasteiger partial charge in [0.2, 0.25) is 0 Å². The molecule has 1 N–H and O–H groups in total. The van der Waals surface area contributed by atoms with E-state index in [0.717, 1.165) is 0 Å². The summed E-state index contributed by atoms with van der Waals surface area (Å²) in [5.74, 6) is -0.788. The highest BCUT2D eigenvalue weighted by molar-refractivity contribution is 6.35. The molecule has 1 heterocycles. The molecule has 0 atom stereocenters. The minimum absolute atomic E-state index is 0.223. The normalized spacial score (nSPS) is 13.6. The van der Waals surface area contributed by atoms with Crippen molar-refractivity contribution in [3.8, 4) is 5.75 Å². The number of fused-ring (bicyclic) bond motifs is 1. The second kappa shape index (κ2) is 8.39. The van der Waals surface area contributed by atoms with Crippen LogP contribution in [0.15, 0.2) is 42.5 Å². The van der Waals surface area contributed by atoms with Crippen LogP contribution in [-0.4, -0.2) is 38.2 Å². The quantitative estimate of drug-likeness (QED) is 0.611. The first-order valence-corrected chi connectivity index (χ1v) is 8.66. The minimum atomic E-state index is -0.479. The van der Waals surface area contributed by atoms with Crippen LogP contribution in [0.1, 0.15) is 28.4 Å². The number of ether oxygens (including phenoxy) is 3. The Bertz CT molecular complexity index is 963. The summed E-state index contributed by atoms with van der Waals surface area (Å²) in [6, 6.07) is 11.9. The Morgan fingerprint density at radius 2 is 1.93 bits per heavy atom. The van der Waals surface area contributed by atoms with E-state index < -0.39 is 11.9 Å². The molecule has 2 aromatic carbocycles. The van der Waals surface area contributed by atoms with Crippen LogP contribution in [0.25, 0.3) is 11.6 Å². The van der Waals surface area contributed by atoms with Crippen molar-refractivity contribution in [1.29, 1.82) is 0 Å². The summed E-state index contributed by atoms with van der Waals surface area (Å²) in [6.45, 7) is 1.77. The lowest BCUT2D eigenvalue weighted by Crippen LogP contribution is -2.15. The number of benzene rings is 2. The average molecular weight is 381 g/mol. The zero-order chi connectivity index (χ0) is 20.1. The fraction of sp³-hybridized carbons (Fsp3) is 0.190. The van der Waals surface area contributed by atoms with Gasteiger partial charge in [-0.25, -0.2) is 9.59 Å². The molecule has 1 aliphatic rings. The molecule has 0 unspecified atom stereocenters. The Morgan fingerprint density at radius 1 is 1.14 bits per heavy atom. The number of nitrogens with one attached hydrogen (secondary N) is 1. The SMILES string of the molecule is CCOC(=O)COc1ccccc1C=C1C(=O)Nc2cc(C(=O)OC)ccc21. The van der Waals surface area contributed by atoms with Gasteiger partial charge in [-0.2, -0.15) is 0 Å². The van der Waals surface area contributed by atoms with E-state index >= 15 is 0 Å². The van der Waals surface area contributed by atoms with Gasteiger partial charge in [0.05, 0.1) is 19.3 Å². The van der Waals surface area contributed by atoms with E-state index in [1.165, 1.54) is 7.11 Å². The van der Waals surface area contributed by atoms with Crippen molar-refractivity contribution in [2.24, 2.45) is 0 Å². The highest BCUT2D eigenvalue weighted by Crippen LogP contribution is 2.35. The number of esters is 2. The number of methoxy groups -OCH3 is 1. The molecular formula is C21H19NO6. The van der Waals surface area contributed by atoms with Crippen molar-refractivity contribution in [2.45, 2.75) is 6.92 Å². The maximum absolute atomic E-state index is 12.4. The highest BCUT2D eigenvalue weighted by atomic mass is 16.6. The third-order valence-electron chi connectivity index (χ3n) is 4.09. The summed E-state index contributed by atoms with van der Waals surface area (Å²) in [6.07, 6.45) is 1.68. The molecule has 0 bridgehead atoms. The van der Waals surface area contributed by atoms with Crippen LogP contribution in [0.2, 0.25) is 0 Å². The Kier molecular flexibility index (Phi) is 5.74. The Labute approximate surface area is 161 Å². The molecule has 0 saturated heterocycles. The van der Waals surface area contributed by atoms with Gasteiger partial charge in [0.25, 0.3) is 5.91 Å². The topological polar surface area (TPSA) is 90.9 Å². The average Bonchev–Trinajstić information content (AvgIpc) is 3.01. The second-order valence-electron chi connectivity index (χ2n) is 5.90. The molecule has 7 heteroatoms. The van der Waals surface area contributed by atoms with Gasteiger partial charge in [0.1, 0.15) is 5.75 Å². The molecule has 144 valence electrons. The van der Waals surface area contributed by atoms with Gasteiger partial charge in [-0.3, -0.25) is 4.79 Å². The summed E-state index contributed by atoms with van der Waals surface area (Å²) >= 11 is 0. The van der Waals surface area contributed by atoms with Crippen molar-refractivity contribution in [2.75, 3.05) is 25.6 Å². The molecule has 0 saturated carbocycles. The first-order chi connectivity index (χ1) is 13.5. The summed E-state index contributed by atoms with van der Waals surface area (Å²) in [4.78, 5) is 35.7. The molecular weight excluding hydrogens is 362 g/mol. The van der Waals surface area contributed by atoms with Crippen molar-refractivity contribution in [1.82, 2.24) is 0 Å². The van der Waals surface area contributed by atoms with Crippen LogP contribution in [0, 0.1) is 0 Å². The Balaban J connectivity index is 1.90. The number of carbonyl (C=O) groups is 3. The van der Waals surface area contributed by atoms with Crippen molar-refractivity contribution >= 4 is 35.2 Å². The lowest BCUT2D eigenvalue weighted by molar-refractivity contribution is -0.145. The predicted octanol–water partition coefficient (Wildman–Crippen LogP) is 2.91. The molecule has 0 spiro atoms. The van der Waals surface area contributed by atoms with E-state index in [0.29, 0.717) is 33.7 Å². The smallest absolute Gasteiger partial charge is 0.344 e. The van der Waals surface area contributed by atoms with Crippen LogP contribution < -0.4 is 10.1 Å². The van der Waals surface area contributed by atoms with E-state index in [4.69, 9.17) is 14.2 Å². The molecule has 0 radical (unpaired) electrons. The van der Waals surface area contributed by atoms with Crippen molar-refractivity contribution in [3.05, 3.63) is 59.2 Å². The summed E-state index contributed by atoms with van der Waals surface area (Å²) < 4.78 is 15.1. The molecule has 7 nitrogen and oxygen atoms in total. The molecule has 0 aromatic heterocycles. The molecule has 3 rings (SSSR count). The number of carbonyl (C=O) groups excluding carboxylic acids is 3. The number of anilines is 1. The van der Waals surface area contributed by atoms with Gasteiger partial charge >= 0.3 is 11.9 Å². The maximum atomic E-state index is 12.4. The highest BCUT2D eigenvalue weighted by Gasteiger charge is 2.25. The molecule has 2 aromatic rings. The Hall–Kier alpha value is -3.61. The summed E-state index contributed by atoms with van der Waals surface area (Å²) in [5, 5.41) is 2.74. The third kappa shape index (κ3) is 4.03. The standard InChI is InChI=1S/C21H19NO6/c1-3-27-19(23)12-28-18-7-5-4-6-13(18)10-16-15-9-8-14(21(25)26-2)11-17(15)22-20(16)24/h4-11H,3,12H2,1-2H3,(H,22,24). The zero-order valence-electron chi connectivity index (χ0n) is 15.5. The minimum Gasteiger partial charge on any atom is -0.481 e. The third-order valence-corrected chi connectivity index (χ3v) is 4.09. The first-order valence-electron chi connectivity index (χ1n) is 8.66. The lowest BCUT2D eigenvalue weighted by atomic mass is 10.0. The van der Waals surface area contributed by atoms with Crippen LogP contribution in [-0.2, 0) is 19.1 Å². The van der Waals surface area contributed by atoms with Crippen molar-refractivity contribution < 1.29 is 28.6 Å². The molecule has 28 heavy (non-hydrogen) atoms. The number of hydrogen-bond acceptors (Lipinski definition) is 6. The van der Waals surface area contributed by atoms with E-state index in [1.807, 2.05) is 0 Å². The fourth-order valence-electron chi connectivity index (χ4n) is 2.81. The van der Waals surface area contributed by atoms with Gasteiger partial charge in [-0.1, -0.05) is 24.3 Å². The van der Waals surface area contributed by atoms with E-state index in [1.54, 1.807) is 55.5 Å². The van der Waals surface area contributed by atoms with Crippen LogP contribution in [0.4, 0.5) is 5.69 Å². The number of para-hydroxylation sites is 1. The summed E-state index contributed by atoms with van der Waals surface area (Å²) in [5.41, 5.74) is 2.61. The van der Waals surface area contributed by atoms with E-state index in [-0.39, 0.29) is 19.1 Å². The second-order valence-corrected chi connectivity index (χ2v) is 5.90. The van der Waals surface area contributed by atoms with Crippen molar-refractivity contribution in [3.63, 3.8) is 0 Å². The van der Waals surface area contributed by atoms with E-state index in [2.05, 4.69) is 5.32 Å². The van der Waals surface area contributed by atoms with Gasteiger partial charge in [0, 0.05) is 22.4 Å². The van der Waals surface area contributed by atoms with Crippen LogP contribution >= 0.6 is 0 Å². The first kappa shape index (κ1) is 19.2. The largest absolute Gasteiger partial charge is 0.481 e. The van der Waals surface area contributed by atoms with Crippen LogP contribution in [0.3, 0.4) is 0 Å². The lowest BCUT2D eigenvalue weighted by Gasteiger charge is -2.09. The van der Waals surface area contributed by atoms with E-state index in [9.17, 15) is 14.4 Å². The monoisotopic (exact) mass is 381 g/mol. The molecule has 1 aliphatic heterocycles.